The summed E-state index contributed by atoms with van der Waals surface area (Å²) in [5, 5.41) is 12.0. The van der Waals surface area contributed by atoms with Crippen molar-refractivity contribution in [3.63, 3.8) is 0 Å². The van der Waals surface area contributed by atoms with Crippen molar-refractivity contribution >= 4 is 29.6 Å². The zero-order chi connectivity index (χ0) is 40.5. The number of fused-ring (bicyclic) bond motifs is 2. The smallest absolute Gasteiger partial charge is 0.409 e. The van der Waals surface area contributed by atoms with Crippen LogP contribution in [0.5, 0.6) is 17.2 Å². The lowest BCUT2D eigenvalue weighted by atomic mass is 9.51. The SMILES string of the molecule is CCOC(=O)N1CCN(C(=O)/C(C)=C\CC23OC(C)(C)C4CC(C=C5C(=O)c6c(O)c7c(c(CC=C(C)C)c6OC542)OC(C)(CCC=C(C)C)C=C7)C3=O)CC1. The van der Waals surface area contributed by atoms with Gasteiger partial charge in [-0.05, 0) is 100 Å². The molecule has 11 nitrogen and oxygen atoms in total. The summed E-state index contributed by atoms with van der Waals surface area (Å²) >= 11 is 0. The number of rotatable bonds is 9. The van der Waals surface area contributed by atoms with Gasteiger partial charge in [-0.3, -0.25) is 14.4 Å². The number of carbonyl (C=O) groups is 4. The van der Waals surface area contributed by atoms with Gasteiger partial charge in [0.2, 0.25) is 5.91 Å². The van der Waals surface area contributed by atoms with Gasteiger partial charge in [0.05, 0.1) is 17.8 Å². The van der Waals surface area contributed by atoms with E-state index in [-0.39, 0.29) is 53.5 Å². The van der Waals surface area contributed by atoms with Crippen LogP contribution in [0.3, 0.4) is 0 Å². The van der Waals surface area contributed by atoms with Crippen molar-refractivity contribution in [2.24, 2.45) is 11.8 Å². The Balaban J connectivity index is 1.30. The highest BCUT2D eigenvalue weighted by Gasteiger charge is 2.81. The van der Waals surface area contributed by atoms with Crippen molar-refractivity contribution in [1.29, 1.82) is 0 Å². The standard InChI is InChI=1S/C45H56N2O9/c1-10-53-41(52)47-22-20-46(21-23-47)40(51)28(6)15-19-44-39(50)29-24-32-36(49)34-35(48)30-16-18-43(9,17-11-12-26(2)3)54-37(30)31(14-13-27(4)5)38(34)55-45(32,44)33(25-29)42(7,8)56-44/h12-13,15-16,18,24,29,33,48H,10-11,14,17,19-23,25H2,1-9H3/b28-15-. The number of Topliss-reactive ketones (excluding diaryl/α,β-unsaturated/α-hetero) is 2. The maximum atomic E-state index is 15.0. The average molecular weight is 769 g/mol. The van der Waals surface area contributed by atoms with Gasteiger partial charge in [0.1, 0.15) is 28.4 Å². The second kappa shape index (κ2) is 14.1. The van der Waals surface area contributed by atoms with E-state index in [0.717, 1.165) is 12.0 Å². The lowest BCUT2D eigenvalue weighted by Gasteiger charge is -2.56. The highest BCUT2D eigenvalue weighted by molar-refractivity contribution is 6.19. The number of phenolic OH excluding ortho intramolecular Hbond substituents is 1. The number of hydrogen-bond acceptors (Lipinski definition) is 9. The summed E-state index contributed by atoms with van der Waals surface area (Å²) in [5.41, 5.74) is -0.562. The topological polar surface area (TPSA) is 132 Å². The molecule has 4 aliphatic heterocycles. The van der Waals surface area contributed by atoms with Crippen LogP contribution in [0.4, 0.5) is 4.79 Å². The van der Waals surface area contributed by atoms with Gasteiger partial charge in [-0.1, -0.05) is 35.5 Å². The molecule has 3 fully saturated rings. The normalized spacial score (nSPS) is 29.4. The Morgan fingerprint density at radius 3 is 2.29 bits per heavy atom. The molecule has 4 heterocycles. The molecule has 1 aromatic carbocycles. The Kier molecular flexibility index (Phi) is 9.95. The molecule has 1 N–H and O–H groups in total. The van der Waals surface area contributed by atoms with Gasteiger partial charge in [0.25, 0.3) is 0 Å². The fourth-order valence-electron chi connectivity index (χ4n) is 9.73. The minimum absolute atomic E-state index is 0.00444. The number of phenols is 1. The Labute approximate surface area is 330 Å². The number of hydrogen-bond donors (Lipinski definition) is 1. The third-order valence-electron chi connectivity index (χ3n) is 12.6. The van der Waals surface area contributed by atoms with Crippen LogP contribution in [0.15, 0.2) is 52.7 Å². The van der Waals surface area contributed by atoms with E-state index in [0.29, 0.717) is 73.5 Å². The van der Waals surface area contributed by atoms with Crippen molar-refractivity contribution in [3.05, 3.63) is 69.4 Å². The number of aromatic hydroxyl groups is 1. The highest BCUT2D eigenvalue weighted by Crippen LogP contribution is 2.68. The van der Waals surface area contributed by atoms with E-state index in [2.05, 4.69) is 19.9 Å². The van der Waals surface area contributed by atoms with Crippen LogP contribution in [-0.2, 0) is 25.5 Å². The summed E-state index contributed by atoms with van der Waals surface area (Å²) in [4.78, 5) is 59.1. The van der Waals surface area contributed by atoms with Gasteiger partial charge in [0.15, 0.2) is 22.8 Å². The number of allylic oxidation sites excluding steroid dienone is 5. The van der Waals surface area contributed by atoms with Crippen LogP contribution >= 0.6 is 0 Å². The Morgan fingerprint density at radius 1 is 0.946 bits per heavy atom. The van der Waals surface area contributed by atoms with E-state index in [4.69, 9.17) is 18.9 Å². The maximum Gasteiger partial charge on any atom is 0.409 e. The fourth-order valence-corrected chi connectivity index (χ4v) is 9.73. The van der Waals surface area contributed by atoms with Crippen LogP contribution in [0.1, 0.15) is 109 Å². The zero-order valence-electron chi connectivity index (χ0n) is 34.3. The van der Waals surface area contributed by atoms with Gasteiger partial charge in [-0.25, -0.2) is 4.79 Å². The van der Waals surface area contributed by atoms with Gasteiger partial charge >= 0.3 is 6.09 Å². The molecule has 11 heteroatoms. The van der Waals surface area contributed by atoms with E-state index in [1.165, 1.54) is 5.57 Å². The number of carbonyl (C=O) groups excluding carboxylic acids is 4. The molecule has 0 aromatic heterocycles. The summed E-state index contributed by atoms with van der Waals surface area (Å²) < 4.78 is 26.2. The number of amides is 2. The minimum atomic E-state index is -1.62. The van der Waals surface area contributed by atoms with Crippen LogP contribution in [-0.4, -0.2) is 93.7 Å². The molecule has 1 saturated carbocycles. The third kappa shape index (κ3) is 6.12. The van der Waals surface area contributed by atoms with Crippen molar-refractivity contribution in [1.82, 2.24) is 9.80 Å². The molecular weight excluding hydrogens is 712 g/mol. The van der Waals surface area contributed by atoms with Crippen molar-refractivity contribution < 1.29 is 43.2 Å². The summed E-state index contributed by atoms with van der Waals surface area (Å²) in [6, 6.07) is 0. The van der Waals surface area contributed by atoms with Gasteiger partial charge < -0.3 is 33.9 Å². The molecule has 5 unspecified atom stereocenters. The first-order valence-corrected chi connectivity index (χ1v) is 20.0. The summed E-state index contributed by atoms with van der Waals surface area (Å²) in [6.45, 7) is 19.2. The second-order valence-electron chi connectivity index (χ2n) is 17.4. The highest BCUT2D eigenvalue weighted by atomic mass is 16.6. The lowest BCUT2D eigenvalue weighted by Crippen LogP contribution is -2.72. The van der Waals surface area contributed by atoms with Crippen molar-refractivity contribution in [2.75, 3.05) is 32.8 Å². The molecule has 2 amide bonds. The summed E-state index contributed by atoms with van der Waals surface area (Å²) in [5.74, 6) is -1.30. The number of ketones is 2. The summed E-state index contributed by atoms with van der Waals surface area (Å²) in [6.07, 6.45) is 13.4. The van der Waals surface area contributed by atoms with Crippen LogP contribution in [0.25, 0.3) is 6.08 Å². The van der Waals surface area contributed by atoms with Gasteiger partial charge in [-0.2, -0.15) is 0 Å². The maximum absolute atomic E-state index is 15.0. The molecule has 300 valence electrons. The molecule has 56 heavy (non-hydrogen) atoms. The monoisotopic (exact) mass is 768 g/mol. The van der Waals surface area contributed by atoms with E-state index < -0.39 is 34.4 Å². The van der Waals surface area contributed by atoms with Gasteiger partial charge in [0, 0.05) is 61.1 Å². The first kappa shape index (κ1) is 39.6. The van der Waals surface area contributed by atoms with Crippen molar-refractivity contribution in [2.45, 2.75) is 117 Å². The van der Waals surface area contributed by atoms with Crippen LogP contribution < -0.4 is 9.47 Å². The molecule has 2 saturated heterocycles. The molecule has 3 aliphatic carbocycles. The first-order chi connectivity index (χ1) is 26.4. The van der Waals surface area contributed by atoms with E-state index in [9.17, 15) is 19.5 Å². The predicted molar refractivity (Wildman–Crippen MR) is 212 cm³/mol. The quantitative estimate of drug-likeness (QED) is 0.201. The van der Waals surface area contributed by atoms with Crippen LogP contribution in [0.2, 0.25) is 0 Å². The fraction of sp³-hybridized carbons (Fsp3) is 0.556. The molecule has 4 bridgehead atoms. The molecular formula is C45H56N2O9. The average Bonchev–Trinajstić information content (AvgIpc) is 3.30. The largest absolute Gasteiger partial charge is 0.506 e. The number of ether oxygens (including phenoxy) is 4. The van der Waals surface area contributed by atoms with Gasteiger partial charge in [-0.15, -0.1) is 0 Å². The first-order valence-electron chi connectivity index (χ1n) is 20.0. The molecule has 8 rings (SSSR count). The Hall–Kier alpha value is -4.64. The van der Waals surface area contributed by atoms with Crippen LogP contribution in [0, 0.1) is 11.8 Å². The molecule has 0 radical (unpaired) electrons. The minimum Gasteiger partial charge on any atom is -0.506 e. The molecule has 5 atom stereocenters. The van der Waals surface area contributed by atoms with Crippen molar-refractivity contribution in [3.8, 4) is 17.2 Å². The Bertz CT molecular complexity index is 2040. The predicted octanol–water partition coefficient (Wildman–Crippen LogP) is 7.46. The van der Waals surface area contributed by atoms with E-state index in [1.807, 2.05) is 52.8 Å². The number of nitrogens with zero attached hydrogens (tertiary/aromatic N) is 2. The summed E-state index contributed by atoms with van der Waals surface area (Å²) in [7, 11) is 0. The second-order valence-corrected chi connectivity index (χ2v) is 17.4. The van der Waals surface area contributed by atoms with E-state index in [1.54, 1.807) is 35.8 Å². The Morgan fingerprint density at radius 2 is 1.62 bits per heavy atom. The lowest BCUT2D eigenvalue weighted by molar-refractivity contribution is -0.171. The zero-order valence-corrected chi connectivity index (χ0v) is 34.3. The number of piperazine rings is 1. The molecule has 1 aromatic rings. The molecule has 1 spiro atoms. The number of benzene rings is 1. The molecule has 7 aliphatic rings. The third-order valence-corrected chi connectivity index (χ3v) is 12.6. The van der Waals surface area contributed by atoms with E-state index >= 15 is 4.79 Å².